The van der Waals surface area contributed by atoms with Crippen LogP contribution in [-0.4, -0.2) is 5.10 Å². The minimum Gasteiger partial charge on any atom is -0.216 e. The minimum absolute atomic E-state index is 0. The van der Waals surface area contributed by atoms with Crippen molar-refractivity contribution in [3.63, 3.8) is 0 Å². The van der Waals surface area contributed by atoms with E-state index in [2.05, 4.69) is 18.3 Å². The first-order chi connectivity index (χ1) is 7.61. The van der Waals surface area contributed by atoms with Gasteiger partial charge in [0.05, 0.1) is 0 Å². The van der Waals surface area contributed by atoms with E-state index in [-0.39, 0.29) is 18.6 Å². The average molecular weight is 273 g/mol. The fraction of sp³-hybridized carbons (Fsp3) is 0.429. The van der Waals surface area contributed by atoms with Gasteiger partial charge in [0, 0.05) is 18.6 Å². The average Bonchev–Trinajstić information content (AvgIpc) is 2.31. The Labute approximate surface area is 119 Å². The first-order valence-electron chi connectivity index (χ1n) is 5.62. The van der Waals surface area contributed by atoms with Crippen molar-refractivity contribution >= 4 is 13.2 Å². The Kier molecular flexibility index (Phi) is 30.3. The van der Waals surface area contributed by atoms with E-state index in [1.54, 1.807) is 23.2 Å². The van der Waals surface area contributed by atoms with E-state index in [9.17, 15) is 0 Å². The summed E-state index contributed by atoms with van der Waals surface area (Å²) < 4.78 is 1.67. The molecule has 0 bridgehead atoms. The topological polar surface area (TPSA) is 16.8 Å². The molecule has 0 fully saturated rings. The molecule has 0 aliphatic heterocycles. The Morgan fingerprint density at radius 3 is 1.88 bits per heavy atom. The SMILES string of the molecule is C=CC.CC.CC.[CH-]=c1cn[n+](C)cc1=C.[V]. The smallest absolute Gasteiger partial charge is 0.162 e. The fourth-order valence-corrected chi connectivity index (χ4v) is 0.570. The molecule has 0 unspecified atom stereocenters. The van der Waals surface area contributed by atoms with Gasteiger partial charge in [-0.25, -0.2) is 6.58 Å². The van der Waals surface area contributed by atoms with Gasteiger partial charge in [0.25, 0.3) is 0 Å². The summed E-state index contributed by atoms with van der Waals surface area (Å²) in [5.41, 5.74) is 0. The standard InChI is InChI=1S/C7H8N2.C3H6.2C2H6.V/c1-6-4-8-9(3)5-7(6)2;1-3-2;2*1-2;/h1,4-5H,2H2,3H3;3H,1H2,2H3;2*1-2H3;. The zero-order valence-electron chi connectivity index (χ0n) is 12.1. The van der Waals surface area contributed by atoms with Crippen molar-refractivity contribution in [2.45, 2.75) is 34.6 Å². The summed E-state index contributed by atoms with van der Waals surface area (Å²) in [6, 6.07) is 0. The van der Waals surface area contributed by atoms with Crippen molar-refractivity contribution in [3.05, 3.63) is 35.5 Å². The Morgan fingerprint density at radius 1 is 1.29 bits per heavy atom. The van der Waals surface area contributed by atoms with Crippen LogP contribution in [0.4, 0.5) is 0 Å². The van der Waals surface area contributed by atoms with Crippen molar-refractivity contribution in [2.75, 3.05) is 0 Å². The van der Waals surface area contributed by atoms with Crippen molar-refractivity contribution in [3.8, 4) is 0 Å². The summed E-state index contributed by atoms with van der Waals surface area (Å²) in [6.07, 6.45) is 5.11. The second-order valence-electron chi connectivity index (χ2n) is 2.34. The fourth-order valence-electron chi connectivity index (χ4n) is 0.570. The van der Waals surface area contributed by atoms with E-state index >= 15 is 0 Å². The third-order valence-corrected chi connectivity index (χ3v) is 1.09. The Balaban J connectivity index is -0.0000000911. The summed E-state index contributed by atoms with van der Waals surface area (Å²) in [5.74, 6) is 0. The van der Waals surface area contributed by atoms with Crippen LogP contribution in [0, 0.1) is 0 Å². The van der Waals surface area contributed by atoms with Gasteiger partial charge in [-0.3, -0.25) is 0 Å². The van der Waals surface area contributed by atoms with Gasteiger partial charge < -0.3 is 0 Å². The van der Waals surface area contributed by atoms with Crippen LogP contribution in [-0.2, 0) is 25.6 Å². The second kappa shape index (κ2) is 20.5. The van der Waals surface area contributed by atoms with Gasteiger partial charge in [0.15, 0.2) is 7.05 Å². The van der Waals surface area contributed by atoms with Crippen molar-refractivity contribution in [2.24, 2.45) is 7.05 Å². The molecule has 3 heteroatoms. The largest absolute Gasteiger partial charge is 0.216 e. The van der Waals surface area contributed by atoms with E-state index in [0.29, 0.717) is 5.22 Å². The number of aromatic nitrogens is 2. The summed E-state index contributed by atoms with van der Waals surface area (Å²) in [5, 5.41) is 5.34. The first-order valence-corrected chi connectivity index (χ1v) is 5.62. The predicted octanol–water partition coefficient (Wildman–Crippen LogP) is 1.85. The van der Waals surface area contributed by atoms with Crippen molar-refractivity contribution in [1.29, 1.82) is 0 Å². The third kappa shape index (κ3) is 17.7. The molecule has 0 aliphatic rings. The predicted molar refractivity (Wildman–Crippen MR) is 73.2 cm³/mol. The molecule has 1 rings (SSSR count). The van der Waals surface area contributed by atoms with Gasteiger partial charge in [0.2, 0.25) is 0 Å². The molecule has 0 aromatic carbocycles. The van der Waals surface area contributed by atoms with Gasteiger partial charge in [-0.2, -0.15) is 5.22 Å². The maximum Gasteiger partial charge on any atom is 0.162 e. The van der Waals surface area contributed by atoms with Gasteiger partial charge in [0.1, 0.15) is 6.20 Å². The molecule has 1 radical (unpaired) electrons. The second-order valence-corrected chi connectivity index (χ2v) is 2.34. The number of aryl methyl sites for hydroxylation is 1. The zero-order chi connectivity index (χ0) is 13.6. The van der Waals surface area contributed by atoms with Gasteiger partial charge in [-0.05, 0) is 13.1 Å². The van der Waals surface area contributed by atoms with Gasteiger partial charge in [-0.15, -0.1) is 17.8 Å². The van der Waals surface area contributed by atoms with Crippen molar-refractivity contribution < 1.29 is 23.2 Å². The van der Waals surface area contributed by atoms with Crippen LogP contribution in [0.25, 0.3) is 13.2 Å². The zero-order valence-corrected chi connectivity index (χ0v) is 13.5. The van der Waals surface area contributed by atoms with Crippen LogP contribution in [0.15, 0.2) is 25.0 Å². The molecule has 1 aromatic rings. The van der Waals surface area contributed by atoms with Crippen LogP contribution in [0.2, 0.25) is 0 Å². The van der Waals surface area contributed by atoms with Crippen LogP contribution >= 0.6 is 0 Å². The quantitative estimate of drug-likeness (QED) is 0.400. The number of nitrogens with zero attached hydrogens (tertiary/aromatic N) is 2. The van der Waals surface area contributed by atoms with E-state index in [1.807, 2.05) is 41.7 Å². The molecule has 0 atom stereocenters. The summed E-state index contributed by atoms with van der Waals surface area (Å²) in [6.45, 7) is 22.4. The molecule has 0 spiro atoms. The Hall–Kier alpha value is -0.856. The van der Waals surface area contributed by atoms with Crippen LogP contribution in [0.3, 0.4) is 0 Å². The minimum atomic E-state index is 0. The molecule has 0 saturated heterocycles. The molecular formula is C14H26N2V. The Bertz CT molecular complexity index is 348. The monoisotopic (exact) mass is 273 g/mol. The summed E-state index contributed by atoms with van der Waals surface area (Å²) in [4.78, 5) is 0. The third-order valence-electron chi connectivity index (χ3n) is 1.09. The number of hydrogen-bond donors (Lipinski definition) is 0. The van der Waals surface area contributed by atoms with E-state index < -0.39 is 0 Å². The van der Waals surface area contributed by atoms with Crippen LogP contribution < -0.4 is 15.1 Å². The molecule has 1 aromatic heterocycles. The maximum atomic E-state index is 5.45. The molecule has 1 heterocycles. The molecule has 0 aliphatic carbocycles. The molecule has 0 saturated carbocycles. The number of rotatable bonds is 0. The normalized spacial score (nSPS) is 6.47. The molecule has 97 valence electrons. The molecular weight excluding hydrogens is 247 g/mol. The van der Waals surface area contributed by atoms with Crippen LogP contribution in [0.5, 0.6) is 0 Å². The number of allylic oxidation sites excluding steroid dienone is 1. The number of hydrogen-bond acceptors (Lipinski definition) is 1. The molecule has 17 heavy (non-hydrogen) atoms. The van der Waals surface area contributed by atoms with Crippen LogP contribution in [0.1, 0.15) is 34.6 Å². The summed E-state index contributed by atoms with van der Waals surface area (Å²) >= 11 is 0. The van der Waals surface area contributed by atoms with Gasteiger partial charge in [-0.1, -0.05) is 44.1 Å². The van der Waals surface area contributed by atoms with Crippen molar-refractivity contribution in [1.82, 2.24) is 5.10 Å². The van der Waals surface area contributed by atoms with E-state index in [1.165, 1.54) is 0 Å². The molecule has 0 amide bonds. The Morgan fingerprint density at radius 2 is 1.65 bits per heavy atom. The first kappa shape index (κ1) is 25.1. The molecule has 2 nitrogen and oxygen atoms in total. The van der Waals surface area contributed by atoms with Gasteiger partial charge >= 0.3 is 0 Å². The van der Waals surface area contributed by atoms with E-state index in [4.69, 9.17) is 6.58 Å². The van der Waals surface area contributed by atoms with E-state index in [0.717, 1.165) is 5.22 Å². The molecule has 0 N–H and O–H groups in total. The maximum absolute atomic E-state index is 5.45. The summed E-state index contributed by atoms with van der Waals surface area (Å²) in [7, 11) is 1.83.